The minimum absolute atomic E-state index is 0.595. The average Bonchev–Trinajstić information content (AvgIpc) is 3.21. The van der Waals surface area contributed by atoms with Crippen LogP contribution in [-0.4, -0.2) is 29.9 Å². The third-order valence-corrected chi connectivity index (χ3v) is 8.81. The Bertz CT molecular complexity index is 2480. The molecule has 9 rings (SSSR count). The van der Waals surface area contributed by atoms with Crippen molar-refractivity contribution in [2.75, 3.05) is 0 Å². The zero-order valence-corrected chi connectivity index (χ0v) is 26.8. The van der Waals surface area contributed by atoms with Crippen molar-refractivity contribution in [3.8, 4) is 67.9 Å². The molecular weight excluding hydrogens is 613 g/mol. The van der Waals surface area contributed by atoms with Crippen molar-refractivity contribution in [1.29, 1.82) is 0 Å². The van der Waals surface area contributed by atoms with Gasteiger partial charge in [-0.15, -0.1) is 0 Å². The molecular formula is C44H28N6. The van der Waals surface area contributed by atoms with E-state index in [0.717, 1.165) is 72.3 Å². The Morgan fingerprint density at radius 3 is 1.06 bits per heavy atom. The average molecular weight is 641 g/mol. The van der Waals surface area contributed by atoms with Gasteiger partial charge in [-0.3, -0.25) is 4.98 Å². The van der Waals surface area contributed by atoms with Crippen LogP contribution in [0.2, 0.25) is 0 Å². The van der Waals surface area contributed by atoms with E-state index >= 15 is 0 Å². The predicted octanol–water partition coefficient (Wildman–Crippen LogP) is 10.4. The molecule has 0 unspecified atom stereocenters. The molecule has 0 aliphatic rings. The number of rotatable bonds is 6. The molecule has 6 heteroatoms. The van der Waals surface area contributed by atoms with E-state index in [0.29, 0.717) is 17.5 Å². The van der Waals surface area contributed by atoms with Crippen LogP contribution in [0.4, 0.5) is 0 Å². The number of benzene rings is 5. The fourth-order valence-electron chi connectivity index (χ4n) is 6.12. The topological polar surface area (TPSA) is 77.3 Å². The first-order valence-electron chi connectivity index (χ1n) is 16.4. The number of hydrogen-bond acceptors (Lipinski definition) is 6. The quantitative estimate of drug-likeness (QED) is 0.180. The minimum atomic E-state index is 0.595. The summed E-state index contributed by atoms with van der Waals surface area (Å²) < 4.78 is 0. The van der Waals surface area contributed by atoms with E-state index in [4.69, 9.17) is 24.9 Å². The van der Waals surface area contributed by atoms with E-state index in [2.05, 4.69) is 77.8 Å². The summed E-state index contributed by atoms with van der Waals surface area (Å²) in [5, 5.41) is 2.24. The van der Waals surface area contributed by atoms with Gasteiger partial charge in [0.05, 0.1) is 28.1 Å². The summed E-state index contributed by atoms with van der Waals surface area (Å²) in [7, 11) is 0. The molecule has 0 spiro atoms. The molecule has 0 bridgehead atoms. The lowest BCUT2D eigenvalue weighted by Gasteiger charge is -2.10. The van der Waals surface area contributed by atoms with Gasteiger partial charge in [0.25, 0.3) is 0 Å². The van der Waals surface area contributed by atoms with Crippen LogP contribution >= 0.6 is 0 Å². The van der Waals surface area contributed by atoms with Gasteiger partial charge in [0.2, 0.25) is 0 Å². The molecule has 0 saturated heterocycles. The normalized spacial score (nSPS) is 11.2. The molecule has 0 saturated carbocycles. The molecule has 5 aromatic carbocycles. The van der Waals surface area contributed by atoms with Crippen molar-refractivity contribution in [3.05, 3.63) is 170 Å². The fraction of sp³-hybridized carbons (Fsp3) is 0. The number of pyridine rings is 3. The van der Waals surface area contributed by atoms with Crippen molar-refractivity contribution in [2.24, 2.45) is 0 Å². The Balaban J connectivity index is 1.09. The van der Waals surface area contributed by atoms with E-state index in [1.165, 1.54) is 0 Å². The Morgan fingerprint density at radius 2 is 0.640 bits per heavy atom. The van der Waals surface area contributed by atoms with Crippen LogP contribution in [0.15, 0.2) is 170 Å². The summed E-state index contributed by atoms with van der Waals surface area (Å²) in [5.74, 6) is 1.78. The maximum absolute atomic E-state index is 4.99. The van der Waals surface area contributed by atoms with E-state index in [1.807, 2.05) is 91.0 Å². The Kier molecular flexibility index (Phi) is 7.37. The van der Waals surface area contributed by atoms with E-state index in [1.54, 1.807) is 6.20 Å². The van der Waals surface area contributed by atoms with E-state index in [-0.39, 0.29) is 0 Å². The zero-order valence-electron chi connectivity index (χ0n) is 26.8. The van der Waals surface area contributed by atoms with Crippen molar-refractivity contribution >= 4 is 21.8 Å². The Morgan fingerprint density at radius 1 is 0.260 bits per heavy atom. The molecule has 234 valence electrons. The van der Waals surface area contributed by atoms with Crippen LogP contribution < -0.4 is 0 Å². The maximum Gasteiger partial charge on any atom is 0.164 e. The number of hydrogen-bond donors (Lipinski definition) is 0. The third-order valence-electron chi connectivity index (χ3n) is 8.81. The molecule has 4 heterocycles. The first-order chi connectivity index (χ1) is 24.7. The molecule has 0 N–H and O–H groups in total. The predicted molar refractivity (Wildman–Crippen MR) is 201 cm³/mol. The van der Waals surface area contributed by atoms with Crippen LogP contribution in [0.5, 0.6) is 0 Å². The summed E-state index contributed by atoms with van der Waals surface area (Å²) in [5.41, 5.74) is 10.4. The standard InChI is InChI=1S/C44H28N6/c1-3-10-38-29(7-1)24-26-40(46-38)32-14-20-35(21-15-32)43-48-42(34-18-12-31(13-19-34)37-9-5-6-28-45-37)49-44(50-43)36-22-16-33(17-23-36)41-27-25-30-8-2-4-11-39(30)47-41/h1-28H. The van der Waals surface area contributed by atoms with Crippen LogP contribution in [-0.2, 0) is 0 Å². The lowest BCUT2D eigenvalue weighted by atomic mass is 10.1. The molecule has 0 amide bonds. The summed E-state index contributed by atoms with van der Waals surface area (Å²) in [6.45, 7) is 0. The molecule has 4 aromatic heterocycles. The largest absolute Gasteiger partial charge is 0.256 e. The minimum Gasteiger partial charge on any atom is -0.256 e. The molecule has 0 fully saturated rings. The van der Waals surface area contributed by atoms with Crippen LogP contribution in [0.25, 0.3) is 89.7 Å². The molecule has 9 aromatic rings. The smallest absolute Gasteiger partial charge is 0.164 e. The fourth-order valence-corrected chi connectivity index (χ4v) is 6.12. The monoisotopic (exact) mass is 640 g/mol. The van der Waals surface area contributed by atoms with Gasteiger partial charge in [0, 0.05) is 50.4 Å². The highest BCUT2D eigenvalue weighted by Crippen LogP contribution is 2.30. The van der Waals surface area contributed by atoms with Gasteiger partial charge >= 0.3 is 0 Å². The number of para-hydroxylation sites is 2. The highest BCUT2D eigenvalue weighted by Gasteiger charge is 2.14. The summed E-state index contributed by atoms with van der Waals surface area (Å²) in [6.07, 6.45) is 1.80. The molecule has 0 aliphatic carbocycles. The lowest BCUT2D eigenvalue weighted by molar-refractivity contribution is 1.07. The van der Waals surface area contributed by atoms with Crippen LogP contribution in [0, 0.1) is 0 Å². The van der Waals surface area contributed by atoms with E-state index in [9.17, 15) is 0 Å². The summed E-state index contributed by atoms with van der Waals surface area (Å²) in [4.78, 5) is 29.2. The van der Waals surface area contributed by atoms with Gasteiger partial charge < -0.3 is 0 Å². The van der Waals surface area contributed by atoms with Gasteiger partial charge in [0.15, 0.2) is 17.5 Å². The second-order valence-corrected chi connectivity index (χ2v) is 12.0. The molecule has 50 heavy (non-hydrogen) atoms. The number of fused-ring (bicyclic) bond motifs is 2. The van der Waals surface area contributed by atoms with Crippen LogP contribution in [0.1, 0.15) is 0 Å². The third kappa shape index (κ3) is 5.76. The first kappa shape index (κ1) is 29.2. The van der Waals surface area contributed by atoms with Crippen molar-refractivity contribution in [3.63, 3.8) is 0 Å². The number of aromatic nitrogens is 6. The van der Waals surface area contributed by atoms with E-state index < -0.39 is 0 Å². The highest BCUT2D eigenvalue weighted by atomic mass is 15.0. The maximum atomic E-state index is 4.99. The second kappa shape index (κ2) is 12.6. The molecule has 0 atom stereocenters. The van der Waals surface area contributed by atoms with Gasteiger partial charge in [0.1, 0.15) is 0 Å². The Labute approximate surface area is 288 Å². The van der Waals surface area contributed by atoms with Crippen LogP contribution in [0.3, 0.4) is 0 Å². The summed E-state index contributed by atoms with van der Waals surface area (Å²) in [6, 6.07) is 55.2. The van der Waals surface area contributed by atoms with Gasteiger partial charge in [-0.25, -0.2) is 24.9 Å². The van der Waals surface area contributed by atoms with Crippen molar-refractivity contribution in [1.82, 2.24) is 29.9 Å². The summed E-state index contributed by atoms with van der Waals surface area (Å²) >= 11 is 0. The van der Waals surface area contributed by atoms with Crippen molar-refractivity contribution < 1.29 is 0 Å². The highest BCUT2D eigenvalue weighted by molar-refractivity contribution is 5.83. The van der Waals surface area contributed by atoms with Gasteiger partial charge in [-0.2, -0.15) is 0 Å². The second-order valence-electron chi connectivity index (χ2n) is 12.0. The van der Waals surface area contributed by atoms with Gasteiger partial charge in [-0.1, -0.05) is 127 Å². The Hall–Kier alpha value is -6.92. The lowest BCUT2D eigenvalue weighted by Crippen LogP contribution is -2.00. The van der Waals surface area contributed by atoms with Crippen molar-refractivity contribution in [2.45, 2.75) is 0 Å². The SMILES string of the molecule is c1ccc(-c2ccc(-c3nc(-c4ccc(-c5ccc6ccccc6n5)cc4)nc(-c4ccc(-c5ccc6ccccc6n5)cc4)n3)cc2)nc1. The molecule has 0 radical (unpaired) electrons. The number of nitrogens with zero attached hydrogens (tertiary/aromatic N) is 6. The van der Waals surface area contributed by atoms with Gasteiger partial charge in [-0.05, 0) is 36.4 Å². The molecule has 6 nitrogen and oxygen atoms in total. The zero-order chi connectivity index (χ0) is 33.3. The first-order valence-corrected chi connectivity index (χ1v) is 16.4. The molecule has 0 aliphatic heterocycles.